The Labute approximate surface area is 128 Å². The fraction of sp³-hybridized carbons (Fsp3) is 0.400. The first-order valence-corrected chi connectivity index (χ1v) is 7.25. The molecule has 7 nitrogen and oxygen atoms in total. The summed E-state index contributed by atoms with van der Waals surface area (Å²) in [5.41, 5.74) is 0.509. The zero-order valence-electron chi connectivity index (χ0n) is 12.3. The van der Waals surface area contributed by atoms with Crippen molar-refractivity contribution in [1.82, 2.24) is 20.8 Å². The van der Waals surface area contributed by atoms with Crippen LogP contribution in [0.1, 0.15) is 28.5 Å². The molecule has 0 spiro atoms. The van der Waals surface area contributed by atoms with Crippen molar-refractivity contribution in [1.29, 1.82) is 0 Å². The number of ether oxygens (including phenoxy) is 1. The lowest BCUT2D eigenvalue weighted by Crippen LogP contribution is -2.36. The van der Waals surface area contributed by atoms with Gasteiger partial charge in [-0.2, -0.15) is 4.98 Å². The molecular formula is C15H18N4O3. The van der Waals surface area contributed by atoms with Gasteiger partial charge in [0.25, 0.3) is 5.91 Å². The lowest BCUT2D eigenvalue weighted by atomic mass is 10.1. The zero-order valence-corrected chi connectivity index (χ0v) is 12.3. The minimum Gasteiger partial charge on any atom is -0.485 e. The summed E-state index contributed by atoms with van der Waals surface area (Å²) in [5.74, 6) is 1.31. The number of hydrogen-bond acceptors (Lipinski definition) is 6. The van der Waals surface area contributed by atoms with Gasteiger partial charge in [0.15, 0.2) is 6.61 Å². The number of amides is 1. The summed E-state index contributed by atoms with van der Waals surface area (Å²) in [7, 11) is 0. The number of carbonyl (C=O) groups excluding carboxylic acids is 1. The third kappa shape index (κ3) is 3.43. The van der Waals surface area contributed by atoms with E-state index < -0.39 is 0 Å². The molecule has 2 N–H and O–H groups in total. The molecule has 0 aliphatic carbocycles. The van der Waals surface area contributed by atoms with Crippen LogP contribution in [-0.2, 0) is 6.61 Å². The van der Waals surface area contributed by atoms with Crippen molar-refractivity contribution in [3.8, 4) is 5.75 Å². The zero-order chi connectivity index (χ0) is 15.4. The summed E-state index contributed by atoms with van der Waals surface area (Å²) < 4.78 is 10.6. The Bertz CT molecular complexity index is 650. The Hall–Kier alpha value is -2.41. The van der Waals surface area contributed by atoms with Crippen molar-refractivity contribution in [2.24, 2.45) is 0 Å². The Morgan fingerprint density at radius 3 is 3.09 bits per heavy atom. The van der Waals surface area contributed by atoms with E-state index in [0.29, 0.717) is 23.0 Å². The van der Waals surface area contributed by atoms with E-state index >= 15 is 0 Å². The number of aryl methyl sites for hydroxylation is 1. The van der Waals surface area contributed by atoms with E-state index in [0.717, 1.165) is 19.5 Å². The van der Waals surface area contributed by atoms with Gasteiger partial charge < -0.3 is 19.9 Å². The second-order valence-electron chi connectivity index (χ2n) is 5.18. The predicted octanol–water partition coefficient (Wildman–Crippen LogP) is 1.05. The smallest absolute Gasteiger partial charge is 0.255 e. The van der Waals surface area contributed by atoms with Gasteiger partial charge in [0.2, 0.25) is 11.7 Å². The van der Waals surface area contributed by atoms with E-state index in [9.17, 15) is 4.79 Å². The molecule has 0 radical (unpaired) electrons. The molecular weight excluding hydrogens is 284 g/mol. The van der Waals surface area contributed by atoms with Crippen LogP contribution < -0.4 is 15.4 Å². The average Bonchev–Trinajstić information content (AvgIpc) is 3.17. The van der Waals surface area contributed by atoms with E-state index in [2.05, 4.69) is 20.8 Å². The highest BCUT2D eigenvalue weighted by Gasteiger charge is 2.19. The van der Waals surface area contributed by atoms with Crippen LogP contribution in [0.3, 0.4) is 0 Å². The van der Waals surface area contributed by atoms with Gasteiger partial charge in [-0.1, -0.05) is 17.3 Å². The number of nitrogens with one attached hydrogen (secondary N) is 2. The molecule has 2 aromatic rings. The molecule has 7 heteroatoms. The van der Waals surface area contributed by atoms with Crippen molar-refractivity contribution in [3.63, 3.8) is 0 Å². The molecule has 0 saturated carbocycles. The number of benzene rings is 1. The molecule has 1 aromatic carbocycles. The maximum Gasteiger partial charge on any atom is 0.255 e. The quantitative estimate of drug-likeness (QED) is 0.858. The third-order valence-electron chi connectivity index (χ3n) is 3.45. The lowest BCUT2D eigenvalue weighted by molar-refractivity contribution is 0.0935. The molecule has 0 bridgehead atoms. The van der Waals surface area contributed by atoms with Gasteiger partial charge >= 0.3 is 0 Å². The van der Waals surface area contributed by atoms with Crippen LogP contribution >= 0.6 is 0 Å². The molecule has 3 rings (SSSR count). The molecule has 1 unspecified atom stereocenters. The largest absolute Gasteiger partial charge is 0.485 e. The fourth-order valence-electron chi connectivity index (χ4n) is 2.36. The molecule has 116 valence electrons. The van der Waals surface area contributed by atoms with Crippen LogP contribution in [0.2, 0.25) is 0 Å². The summed E-state index contributed by atoms with van der Waals surface area (Å²) in [6, 6.07) is 7.31. The summed E-state index contributed by atoms with van der Waals surface area (Å²) in [6.07, 6.45) is 0.941. The molecule has 1 aromatic heterocycles. The second-order valence-corrected chi connectivity index (χ2v) is 5.18. The SMILES string of the molecule is Cc1nc(COc2ccccc2C(=O)NC2CCNC2)no1. The van der Waals surface area contributed by atoms with Gasteiger partial charge in [-0.05, 0) is 25.1 Å². The number of carbonyl (C=O) groups is 1. The average molecular weight is 302 g/mol. The molecule has 2 heterocycles. The summed E-state index contributed by atoms with van der Waals surface area (Å²) >= 11 is 0. The molecule has 22 heavy (non-hydrogen) atoms. The standard InChI is InChI=1S/C15H18N4O3/c1-10-17-14(19-22-10)9-21-13-5-3-2-4-12(13)15(20)18-11-6-7-16-8-11/h2-5,11,16H,6-9H2,1H3,(H,18,20). The van der Waals surface area contributed by atoms with Gasteiger partial charge in [0, 0.05) is 19.5 Å². The molecule has 1 aliphatic rings. The second kappa shape index (κ2) is 6.57. The normalized spacial score (nSPS) is 17.4. The summed E-state index contributed by atoms with van der Waals surface area (Å²) in [4.78, 5) is 16.4. The Morgan fingerprint density at radius 1 is 1.50 bits per heavy atom. The van der Waals surface area contributed by atoms with Crippen LogP contribution in [0.25, 0.3) is 0 Å². The van der Waals surface area contributed by atoms with Crippen molar-refractivity contribution >= 4 is 5.91 Å². The maximum absolute atomic E-state index is 12.4. The van der Waals surface area contributed by atoms with Crippen molar-refractivity contribution in [3.05, 3.63) is 41.5 Å². The van der Waals surface area contributed by atoms with E-state index in [4.69, 9.17) is 9.26 Å². The van der Waals surface area contributed by atoms with Crippen molar-refractivity contribution in [2.75, 3.05) is 13.1 Å². The number of nitrogens with zero attached hydrogens (tertiary/aromatic N) is 2. The van der Waals surface area contributed by atoms with Crippen LogP contribution in [0, 0.1) is 6.92 Å². The third-order valence-corrected chi connectivity index (χ3v) is 3.45. The Morgan fingerprint density at radius 2 is 2.36 bits per heavy atom. The van der Waals surface area contributed by atoms with Crippen LogP contribution in [0.4, 0.5) is 0 Å². The van der Waals surface area contributed by atoms with Crippen LogP contribution in [-0.4, -0.2) is 35.2 Å². The highest BCUT2D eigenvalue weighted by atomic mass is 16.5. The Balaban J connectivity index is 1.67. The van der Waals surface area contributed by atoms with E-state index in [1.165, 1.54) is 0 Å². The molecule has 1 amide bonds. The number of rotatable bonds is 5. The highest BCUT2D eigenvalue weighted by molar-refractivity contribution is 5.97. The fourth-order valence-corrected chi connectivity index (χ4v) is 2.36. The van der Waals surface area contributed by atoms with Gasteiger partial charge in [0.1, 0.15) is 5.75 Å². The maximum atomic E-state index is 12.4. The first-order chi connectivity index (χ1) is 10.7. The summed E-state index contributed by atoms with van der Waals surface area (Å²) in [5, 5.41) is 10.00. The van der Waals surface area contributed by atoms with Gasteiger partial charge in [0.05, 0.1) is 5.56 Å². The number of hydrogen-bond donors (Lipinski definition) is 2. The van der Waals surface area contributed by atoms with E-state index in [1.807, 2.05) is 12.1 Å². The van der Waals surface area contributed by atoms with E-state index in [1.54, 1.807) is 19.1 Å². The summed E-state index contributed by atoms with van der Waals surface area (Å²) in [6.45, 7) is 3.61. The lowest BCUT2D eigenvalue weighted by Gasteiger charge is -2.14. The topological polar surface area (TPSA) is 89.3 Å². The predicted molar refractivity (Wildman–Crippen MR) is 78.5 cm³/mol. The van der Waals surface area contributed by atoms with Crippen molar-refractivity contribution in [2.45, 2.75) is 26.0 Å². The molecule has 1 aliphatic heterocycles. The highest BCUT2D eigenvalue weighted by Crippen LogP contribution is 2.19. The van der Waals surface area contributed by atoms with Crippen molar-refractivity contribution < 1.29 is 14.1 Å². The molecule has 1 saturated heterocycles. The van der Waals surface area contributed by atoms with Gasteiger partial charge in [-0.15, -0.1) is 0 Å². The number of para-hydroxylation sites is 1. The molecule has 1 fully saturated rings. The minimum atomic E-state index is -0.131. The van der Waals surface area contributed by atoms with Gasteiger partial charge in [-0.25, -0.2) is 0 Å². The van der Waals surface area contributed by atoms with Crippen LogP contribution in [0.5, 0.6) is 5.75 Å². The minimum absolute atomic E-state index is 0.131. The van der Waals surface area contributed by atoms with Gasteiger partial charge in [-0.3, -0.25) is 4.79 Å². The molecule has 1 atom stereocenters. The first kappa shape index (κ1) is 14.5. The monoisotopic (exact) mass is 302 g/mol. The Kier molecular flexibility index (Phi) is 4.34. The first-order valence-electron chi connectivity index (χ1n) is 7.25. The van der Waals surface area contributed by atoms with E-state index in [-0.39, 0.29) is 18.6 Å². The number of aromatic nitrogens is 2. The van der Waals surface area contributed by atoms with Crippen LogP contribution in [0.15, 0.2) is 28.8 Å².